The van der Waals surface area contributed by atoms with E-state index in [0.717, 1.165) is 50.0 Å². The highest BCUT2D eigenvalue weighted by Crippen LogP contribution is 2.36. The number of hydrogen-bond donors (Lipinski definition) is 0. The largest absolute Gasteiger partial charge is 0.454 e. The van der Waals surface area contributed by atoms with E-state index in [4.69, 9.17) is 9.47 Å². The normalized spacial score (nSPS) is 20.8. The number of piperazine rings is 1. The predicted molar refractivity (Wildman–Crippen MR) is 126 cm³/mol. The van der Waals surface area contributed by atoms with Crippen molar-refractivity contribution in [3.63, 3.8) is 0 Å². The number of ether oxygens (including phenoxy) is 2. The maximum absolute atomic E-state index is 5.55. The van der Waals surface area contributed by atoms with Crippen LogP contribution in [0.1, 0.15) is 60.5 Å². The molecule has 1 saturated carbocycles. The third kappa shape index (κ3) is 4.37. The molecule has 8 nitrogen and oxygen atoms in total. The van der Waals surface area contributed by atoms with Crippen molar-refractivity contribution < 1.29 is 9.47 Å². The van der Waals surface area contributed by atoms with Crippen LogP contribution >= 0.6 is 11.3 Å². The van der Waals surface area contributed by atoms with Gasteiger partial charge in [0.15, 0.2) is 17.3 Å². The van der Waals surface area contributed by atoms with Gasteiger partial charge < -0.3 is 9.47 Å². The lowest BCUT2D eigenvalue weighted by Gasteiger charge is -2.39. The SMILES string of the molecule is c1csc(C(c2nnnn2C2CCCCC2)N2CCN(Cc3ccc4c(c3)OCO4)CC2)c1. The zero-order valence-electron chi connectivity index (χ0n) is 18.8. The van der Waals surface area contributed by atoms with Crippen molar-refractivity contribution in [1.82, 2.24) is 30.0 Å². The second-order valence-corrected chi connectivity index (χ2v) is 10.2. The van der Waals surface area contributed by atoms with Gasteiger partial charge in [-0.3, -0.25) is 9.80 Å². The summed E-state index contributed by atoms with van der Waals surface area (Å²) in [6, 6.07) is 11.2. The number of rotatable bonds is 6. The van der Waals surface area contributed by atoms with E-state index in [-0.39, 0.29) is 6.04 Å². The fourth-order valence-electron chi connectivity index (χ4n) is 5.36. The number of hydrogen-bond acceptors (Lipinski definition) is 8. The summed E-state index contributed by atoms with van der Waals surface area (Å²) < 4.78 is 13.1. The minimum Gasteiger partial charge on any atom is -0.454 e. The molecule has 0 spiro atoms. The summed E-state index contributed by atoms with van der Waals surface area (Å²) in [5, 5.41) is 15.3. The van der Waals surface area contributed by atoms with Gasteiger partial charge >= 0.3 is 0 Å². The van der Waals surface area contributed by atoms with E-state index >= 15 is 0 Å². The van der Waals surface area contributed by atoms with Crippen LogP contribution in [-0.4, -0.2) is 63.0 Å². The molecule has 1 unspecified atom stereocenters. The second kappa shape index (κ2) is 9.40. The minimum atomic E-state index is 0.120. The third-order valence-corrected chi connectivity index (χ3v) is 8.04. The van der Waals surface area contributed by atoms with Gasteiger partial charge in [0.2, 0.25) is 6.79 Å². The first-order valence-corrected chi connectivity index (χ1v) is 12.9. The van der Waals surface area contributed by atoms with Crippen molar-refractivity contribution in [2.45, 2.75) is 50.7 Å². The van der Waals surface area contributed by atoms with Crippen LogP contribution in [0.25, 0.3) is 0 Å². The Bertz CT molecular complexity index is 1060. The maximum Gasteiger partial charge on any atom is 0.231 e. The van der Waals surface area contributed by atoms with E-state index < -0.39 is 0 Å². The van der Waals surface area contributed by atoms with Crippen molar-refractivity contribution in [2.24, 2.45) is 0 Å². The summed E-state index contributed by atoms with van der Waals surface area (Å²) in [7, 11) is 0. The van der Waals surface area contributed by atoms with Crippen LogP contribution in [0.15, 0.2) is 35.7 Å². The fourth-order valence-corrected chi connectivity index (χ4v) is 6.22. The highest BCUT2D eigenvalue weighted by Gasteiger charge is 2.33. The van der Waals surface area contributed by atoms with Gasteiger partial charge in [0.05, 0.1) is 6.04 Å². The highest BCUT2D eigenvalue weighted by atomic mass is 32.1. The molecule has 2 aliphatic heterocycles. The lowest BCUT2D eigenvalue weighted by Crippen LogP contribution is -2.47. The lowest BCUT2D eigenvalue weighted by molar-refractivity contribution is 0.0997. The smallest absolute Gasteiger partial charge is 0.231 e. The van der Waals surface area contributed by atoms with Gasteiger partial charge in [0.1, 0.15) is 6.04 Å². The average molecular weight is 467 g/mol. The van der Waals surface area contributed by atoms with Gasteiger partial charge in [-0.25, -0.2) is 4.68 Å². The van der Waals surface area contributed by atoms with Crippen LogP contribution in [0.3, 0.4) is 0 Å². The number of thiophene rings is 1. The van der Waals surface area contributed by atoms with E-state index in [2.05, 4.69) is 59.7 Å². The van der Waals surface area contributed by atoms with E-state index in [1.54, 1.807) is 11.3 Å². The molecule has 9 heteroatoms. The summed E-state index contributed by atoms with van der Waals surface area (Å²) in [5.41, 5.74) is 1.27. The molecule has 2 fully saturated rings. The Hall–Kier alpha value is -2.49. The molecule has 2 aromatic heterocycles. The minimum absolute atomic E-state index is 0.120. The van der Waals surface area contributed by atoms with Crippen molar-refractivity contribution in [2.75, 3.05) is 33.0 Å². The number of nitrogens with zero attached hydrogens (tertiary/aromatic N) is 6. The first-order valence-electron chi connectivity index (χ1n) is 12.0. The molecule has 1 atom stereocenters. The van der Waals surface area contributed by atoms with Gasteiger partial charge in [-0.2, -0.15) is 0 Å². The first kappa shape index (κ1) is 21.1. The molecule has 0 bridgehead atoms. The Morgan fingerprint density at radius 1 is 1.00 bits per heavy atom. The van der Waals surface area contributed by atoms with Crippen molar-refractivity contribution in [1.29, 1.82) is 0 Å². The van der Waals surface area contributed by atoms with Crippen molar-refractivity contribution in [3.05, 3.63) is 52.0 Å². The molecule has 174 valence electrons. The van der Waals surface area contributed by atoms with Crippen LogP contribution in [0, 0.1) is 0 Å². The summed E-state index contributed by atoms with van der Waals surface area (Å²) in [5.74, 6) is 2.71. The molecular formula is C24H30N6O2S. The first-order chi connectivity index (χ1) is 16.3. The third-order valence-electron chi connectivity index (χ3n) is 7.11. The van der Waals surface area contributed by atoms with Crippen LogP contribution in [0.2, 0.25) is 0 Å². The van der Waals surface area contributed by atoms with Crippen LogP contribution in [0.5, 0.6) is 11.5 Å². The van der Waals surface area contributed by atoms with Gasteiger partial charge in [-0.05, 0) is 52.4 Å². The molecule has 0 radical (unpaired) electrons. The summed E-state index contributed by atoms with van der Waals surface area (Å²) in [6.07, 6.45) is 6.23. The van der Waals surface area contributed by atoms with Gasteiger partial charge in [-0.1, -0.05) is 31.4 Å². The molecule has 3 aliphatic rings. The Morgan fingerprint density at radius 3 is 2.67 bits per heavy atom. The van der Waals surface area contributed by atoms with Gasteiger partial charge in [-0.15, -0.1) is 16.4 Å². The molecular weight excluding hydrogens is 436 g/mol. The molecule has 0 amide bonds. The molecule has 6 rings (SSSR count). The van der Waals surface area contributed by atoms with Crippen LogP contribution < -0.4 is 9.47 Å². The van der Waals surface area contributed by atoms with Gasteiger partial charge in [0, 0.05) is 37.6 Å². The molecule has 1 saturated heterocycles. The molecule has 3 aromatic rings. The lowest BCUT2D eigenvalue weighted by atomic mass is 9.95. The Morgan fingerprint density at radius 2 is 1.85 bits per heavy atom. The second-order valence-electron chi connectivity index (χ2n) is 9.19. The fraction of sp³-hybridized carbons (Fsp3) is 0.542. The van der Waals surface area contributed by atoms with Crippen molar-refractivity contribution in [3.8, 4) is 11.5 Å². The average Bonchev–Trinajstić information content (AvgIpc) is 3.63. The molecule has 0 N–H and O–H groups in total. The topological polar surface area (TPSA) is 68.5 Å². The maximum atomic E-state index is 5.55. The monoisotopic (exact) mass is 466 g/mol. The Kier molecular flexibility index (Phi) is 6.00. The Labute approximate surface area is 198 Å². The van der Waals surface area contributed by atoms with E-state index in [1.807, 2.05) is 6.07 Å². The van der Waals surface area contributed by atoms with E-state index in [9.17, 15) is 0 Å². The van der Waals surface area contributed by atoms with E-state index in [1.165, 1.54) is 42.5 Å². The van der Waals surface area contributed by atoms with Crippen molar-refractivity contribution >= 4 is 11.3 Å². The molecule has 4 heterocycles. The van der Waals surface area contributed by atoms with Gasteiger partial charge in [0.25, 0.3) is 0 Å². The van der Waals surface area contributed by atoms with Crippen LogP contribution in [0.4, 0.5) is 0 Å². The standard InChI is InChI=1S/C24H30N6O2S/c1-2-5-19(6-3-1)30-24(25-26-27-30)23(22-7-4-14-33-22)29-12-10-28(11-13-29)16-18-8-9-20-21(15-18)32-17-31-20/h4,7-9,14-15,19,23H,1-3,5-6,10-13,16-17H2. The molecule has 33 heavy (non-hydrogen) atoms. The van der Waals surface area contributed by atoms with E-state index in [0.29, 0.717) is 12.8 Å². The number of tetrazole rings is 1. The Balaban J connectivity index is 1.17. The molecule has 1 aromatic carbocycles. The summed E-state index contributed by atoms with van der Waals surface area (Å²) in [6.45, 7) is 5.26. The summed E-state index contributed by atoms with van der Waals surface area (Å²) in [4.78, 5) is 6.41. The zero-order chi connectivity index (χ0) is 22.0. The zero-order valence-corrected chi connectivity index (χ0v) is 19.6. The predicted octanol–water partition coefficient (Wildman–Crippen LogP) is 3.88. The summed E-state index contributed by atoms with van der Waals surface area (Å²) >= 11 is 1.80. The number of fused-ring (bicyclic) bond motifs is 1. The highest BCUT2D eigenvalue weighted by molar-refractivity contribution is 7.10. The quantitative estimate of drug-likeness (QED) is 0.546. The molecule has 1 aliphatic carbocycles. The number of aromatic nitrogens is 4. The van der Waals surface area contributed by atoms with Crippen LogP contribution in [-0.2, 0) is 6.54 Å². The number of benzene rings is 1.